The highest BCUT2D eigenvalue weighted by atomic mass is 32.2. The third-order valence-corrected chi connectivity index (χ3v) is 7.13. The minimum absolute atomic E-state index is 0.0254. The van der Waals surface area contributed by atoms with Crippen molar-refractivity contribution in [2.24, 2.45) is 0 Å². The van der Waals surface area contributed by atoms with Gasteiger partial charge in [-0.1, -0.05) is 30.0 Å². The number of hydrogen-bond donors (Lipinski definition) is 0. The topological polar surface area (TPSA) is 67.7 Å². The zero-order valence-electron chi connectivity index (χ0n) is 19.8. The first-order valence-electron chi connectivity index (χ1n) is 11.6. The van der Waals surface area contributed by atoms with Crippen molar-refractivity contribution in [3.63, 3.8) is 0 Å². The molecule has 1 amide bonds. The number of carbonyl (C=O) groups is 1. The summed E-state index contributed by atoms with van der Waals surface area (Å²) in [7, 11) is 1.64. The lowest BCUT2D eigenvalue weighted by Gasteiger charge is -2.36. The fourth-order valence-corrected chi connectivity index (χ4v) is 5.19. The van der Waals surface area contributed by atoms with Crippen molar-refractivity contribution in [1.82, 2.24) is 14.5 Å². The molecule has 7 nitrogen and oxygen atoms in total. The van der Waals surface area contributed by atoms with E-state index in [0.717, 1.165) is 24.5 Å². The smallest absolute Gasteiger partial charge is 0.266 e. The van der Waals surface area contributed by atoms with Crippen LogP contribution in [0.4, 0.5) is 10.1 Å². The fraction of sp³-hybridized carbons (Fsp3) is 0.222. The molecule has 1 saturated heterocycles. The second-order valence-electron chi connectivity index (χ2n) is 8.39. The fourth-order valence-electron chi connectivity index (χ4n) is 4.28. The molecular weight excluding hydrogens is 479 g/mol. The number of anilines is 1. The molecule has 5 rings (SSSR count). The highest BCUT2D eigenvalue weighted by Gasteiger charge is 2.23. The average molecular weight is 505 g/mol. The van der Waals surface area contributed by atoms with Gasteiger partial charge in [0.1, 0.15) is 11.6 Å². The van der Waals surface area contributed by atoms with Crippen molar-refractivity contribution in [3.8, 4) is 11.4 Å². The van der Waals surface area contributed by atoms with E-state index in [1.165, 1.54) is 28.5 Å². The SMILES string of the molecule is COc1ccc(N2CCN(C(=O)CSc3nc4ccccc4c(=O)n3-c3cccc(F)c3)CC2)cc1. The van der Waals surface area contributed by atoms with E-state index in [1.54, 1.807) is 37.4 Å². The number of benzene rings is 3. The van der Waals surface area contributed by atoms with Crippen molar-refractivity contribution < 1.29 is 13.9 Å². The van der Waals surface area contributed by atoms with Crippen LogP contribution in [-0.2, 0) is 4.79 Å². The minimum atomic E-state index is -0.450. The van der Waals surface area contributed by atoms with E-state index in [0.29, 0.717) is 34.8 Å². The largest absolute Gasteiger partial charge is 0.497 e. The molecular formula is C27H25FN4O3S. The molecule has 0 saturated carbocycles. The summed E-state index contributed by atoms with van der Waals surface area (Å²) in [4.78, 5) is 35.1. The Morgan fingerprint density at radius 2 is 1.72 bits per heavy atom. The molecule has 0 radical (unpaired) electrons. The van der Waals surface area contributed by atoms with E-state index >= 15 is 0 Å². The average Bonchev–Trinajstić information content (AvgIpc) is 2.92. The number of piperazine rings is 1. The molecule has 0 atom stereocenters. The first kappa shape index (κ1) is 23.9. The van der Waals surface area contributed by atoms with Gasteiger partial charge in [-0.15, -0.1) is 0 Å². The normalized spacial score (nSPS) is 13.7. The molecule has 184 valence electrons. The summed E-state index contributed by atoms with van der Waals surface area (Å²) in [5.41, 5.74) is 1.71. The number of ether oxygens (including phenoxy) is 1. The van der Waals surface area contributed by atoms with Crippen LogP contribution in [0.15, 0.2) is 82.7 Å². The molecule has 0 spiro atoms. The van der Waals surface area contributed by atoms with Crippen molar-refractivity contribution in [3.05, 3.63) is 89.0 Å². The van der Waals surface area contributed by atoms with Crippen molar-refractivity contribution in [2.45, 2.75) is 5.16 Å². The molecule has 0 bridgehead atoms. The quantitative estimate of drug-likeness (QED) is 0.292. The first-order chi connectivity index (χ1) is 17.5. The van der Waals surface area contributed by atoms with E-state index in [4.69, 9.17) is 4.74 Å². The van der Waals surface area contributed by atoms with Gasteiger partial charge in [-0.3, -0.25) is 14.2 Å². The zero-order chi connectivity index (χ0) is 25.1. The molecule has 4 aromatic rings. The molecule has 0 N–H and O–H groups in total. The number of fused-ring (bicyclic) bond motifs is 1. The Morgan fingerprint density at radius 1 is 0.972 bits per heavy atom. The predicted molar refractivity (Wildman–Crippen MR) is 140 cm³/mol. The van der Waals surface area contributed by atoms with E-state index in [2.05, 4.69) is 9.88 Å². The molecule has 3 aromatic carbocycles. The summed E-state index contributed by atoms with van der Waals surface area (Å²) < 4.78 is 20.6. The van der Waals surface area contributed by atoms with E-state index < -0.39 is 5.82 Å². The van der Waals surface area contributed by atoms with Crippen LogP contribution in [0, 0.1) is 5.82 Å². The summed E-state index contributed by atoms with van der Waals surface area (Å²) in [5, 5.41) is 0.793. The number of carbonyl (C=O) groups excluding carboxylic acids is 1. The Kier molecular flexibility index (Phi) is 6.90. The first-order valence-corrected chi connectivity index (χ1v) is 12.6. The zero-order valence-corrected chi connectivity index (χ0v) is 20.6. The predicted octanol–water partition coefficient (Wildman–Crippen LogP) is 3.97. The molecule has 1 aliphatic heterocycles. The van der Waals surface area contributed by atoms with Gasteiger partial charge in [-0.2, -0.15) is 0 Å². The van der Waals surface area contributed by atoms with Crippen molar-refractivity contribution in [2.75, 3.05) is 43.9 Å². The lowest BCUT2D eigenvalue weighted by atomic mass is 10.2. The third kappa shape index (κ3) is 4.92. The van der Waals surface area contributed by atoms with Crippen molar-refractivity contribution in [1.29, 1.82) is 0 Å². The van der Waals surface area contributed by atoms with Crippen LogP contribution in [-0.4, -0.2) is 59.4 Å². The number of nitrogens with zero attached hydrogens (tertiary/aromatic N) is 4. The summed E-state index contributed by atoms with van der Waals surface area (Å²) >= 11 is 1.19. The highest BCUT2D eigenvalue weighted by Crippen LogP contribution is 2.24. The van der Waals surface area contributed by atoms with Crippen LogP contribution in [0.1, 0.15) is 0 Å². The number of rotatable bonds is 6. The number of methoxy groups -OCH3 is 1. The molecule has 2 heterocycles. The van der Waals surface area contributed by atoms with Crippen molar-refractivity contribution >= 4 is 34.3 Å². The number of amides is 1. The summed E-state index contributed by atoms with van der Waals surface area (Å²) in [6.45, 7) is 2.66. The van der Waals surface area contributed by atoms with Crippen LogP contribution in [0.25, 0.3) is 16.6 Å². The monoisotopic (exact) mass is 504 g/mol. The van der Waals surface area contributed by atoms with E-state index in [-0.39, 0.29) is 17.2 Å². The van der Waals surface area contributed by atoms with Gasteiger partial charge >= 0.3 is 0 Å². The van der Waals surface area contributed by atoms with Crippen LogP contribution in [0.3, 0.4) is 0 Å². The van der Waals surface area contributed by atoms with E-state index in [9.17, 15) is 14.0 Å². The number of halogens is 1. The number of para-hydroxylation sites is 1. The van der Waals surface area contributed by atoms with Gasteiger partial charge in [-0.25, -0.2) is 9.37 Å². The van der Waals surface area contributed by atoms with Gasteiger partial charge in [-0.05, 0) is 54.6 Å². The summed E-state index contributed by atoms with van der Waals surface area (Å²) in [6.07, 6.45) is 0. The van der Waals surface area contributed by atoms with Gasteiger partial charge in [0, 0.05) is 31.9 Å². The maximum absolute atomic E-state index is 14.0. The number of aromatic nitrogens is 2. The molecule has 1 aromatic heterocycles. The second-order valence-corrected chi connectivity index (χ2v) is 9.33. The summed E-state index contributed by atoms with van der Waals surface area (Å²) in [6, 6.07) is 20.8. The van der Waals surface area contributed by atoms with E-state index in [1.807, 2.05) is 35.2 Å². The summed E-state index contributed by atoms with van der Waals surface area (Å²) in [5.74, 6) is 0.461. The van der Waals surface area contributed by atoms with Gasteiger partial charge in [0.25, 0.3) is 5.56 Å². The Hall–Kier alpha value is -3.85. The number of thioether (sulfide) groups is 1. The molecule has 0 unspecified atom stereocenters. The maximum Gasteiger partial charge on any atom is 0.266 e. The second kappa shape index (κ2) is 10.4. The van der Waals surface area contributed by atoms with Crippen LogP contribution in [0.5, 0.6) is 5.75 Å². The maximum atomic E-state index is 14.0. The van der Waals surface area contributed by atoms with Gasteiger partial charge in [0.05, 0.1) is 29.5 Å². The van der Waals surface area contributed by atoms with Gasteiger partial charge in [0.15, 0.2) is 5.16 Å². The van der Waals surface area contributed by atoms with Crippen LogP contribution >= 0.6 is 11.8 Å². The third-order valence-electron chi connectivity index (χ3n) is 6.21. The Bertz CT molecular complexity index is 1450. The number of hydrogen-bond acceptors (Lipinski definition) is 6. The minimum Gasteiger partial charge on any atom is -0.497 e. The van der Waals surface area contributed by atoms with Crippen LogP contribution in [0.2, 0.25) is 0 Å². The molecule has 9 heteroatoms. The standard InChI is InChI=1S/C27H25FN4O3S/c1-35-22-11-9-20(10-12-22)30-13-15-31(16-14-30)25(33)18-36-27-29-24-8-3-2-7-23(24)26(34)32(27)21-6-4-5-19(28)17-21/h2-12,17H,13-16,18H2,1H3. The van der Waals surface area contributed by atoms with Gasteiger partial charge in [0.2, 0.25) is 5.91 Å². The Labute approximate surface area is 212 Å². The molecule has 0 aliphatic carbocycles. The van der Waals surface area contributed by atoms with Crippen LogP contribution < -0.4 is 15.2 Å². The molecule has 1 aliphatic rings. The molecule has 36 heavy (non-hydrogen) atoms. The lowest BCUT2D eigenvalue weighted by molar-refractivity contribution is -0.128. The Balaban J connectivity index is 1.31. The Morgan fingerprint density at radius 3 is 2.44 bits per heavy atom. The van der Waals surface area contributed by atoms with Gasteiger partial charge < -0.3 is 14.5 Å². The highest BCUT2D eigenvalue weighted by molar-refractivity contribution is 7.99. The molecule has 1 fully saturated rings. The lowest BCUT2D eigenvalue weighted by Crippen LogP contribution is -2.49.